The molecule has 1 heterocycles. The third-order valence-electron chi connectivity index (χ3n) is 3.26. The highest BCUT2D eigenvalue weighted by molar-refractivity contribution is 5.96. The van der Waals surface area contributed by atoms with E-state index >= 15 is 0 Å². The van der Waals surface area contributed by atoms with Gasteiger partial charge in [0, 0.05) is 19.2 Å². The first-order chi connectivity index (χ1) is 7.61. The highest BCUT2D eigenvalue weighted by Gasteiger charge is 2.20. The van der Waals surface area contributed by atoms with Gasteiger partial charge in [-0.25, -0.2) is 5.01 Å². The van der Waals surface area contributed by atoms with E-state index in [-0.39, 0.29) is 5.91 Å². The van der Waals surface area contributed by atoms with Crippen molar-refractivity contribution < 1.29 is 4.79 Å². The Morgan fingerprint density at radius 2 is 2.25 bits per heavy atom. The summed E-state index contributed by atoms with van der Waals surface area (Å²) in [6.45, 7) is 5.13. The summed E-state index contributed by atoms with van der Waals surface area (Å²) in [5, 5.41) is 1.81. The summed E-state index contributed by atoms with van der Waals surface area (Å²) in [5.41, 5.74) is 6.00. The van der Waals surface area contributed by atoms with Crippen LogP contribution in [-0.4, -0.2) is 18.0 Å². The lowest BCUT2D eigenvalue weighted by Gasteiger charge is -2.26. The molecule has 3 nitrogen and oxygen atoms in total. The molecule has 3 heteroatoms. The third kappa shape index (κ3) is 1.95. The second-order valence-corrected chi connectivity index (χ2v) is 4.52. The van der Waals surface area contributed by atoms with Crippen molar-refractivity contribution >= 4 is 5.91 Å². The number of fused-ring (bicyclic) bond motifs is 1. The molecule has 86 valence electrons. The van der Waals surface area contributed by atoms with Gasteiger partial charge in [-0.05, 0) is 29.5 Å². The fourth-order valence-electron chi connectivity index (χ4n) is 2.01. The molecule has 1 N–H and O–H groups in total. The Hall–Kier alpha value is -1.35. The van der Waals surface area contributed by atoms with E-state index in [4.69, 9.17) is 0 Å². The Labute approximate surface area is 96.4 Å². The molecule has 0 bridgehead atoms. The Kier molecular flexibility index (Phi) is 2.97. The van der Waals surface area contributed by atoms with E-state index in [1.807, 2.05) is 18.1 Å². The fraction of sp³-hybridized carbons (Fsp3) is 0.462. The Balaban J connectivity index is 2.38. The van der Waals surface area contributed by atoms with Crippen molar-refractivity contribution in [3.8, 4) is 0 Å². The van der Waals surface area contributed by atoms with E-state index in [0.29, 0.717) is 5.92 Å². The summed E-state index contributed by atoms with van der Waals surface area (Å²) in [7, 11) is 1.88. The molecule has 1 unspecified atom stereocenters. The minimum absolute atomic E-state index is 0.00824. The zero-order valence-electron chi connectivity index (χ0n) is 10.1. The molecule has 0 spiro atoms. The van der Waals surface area contributed by atoms with Gasteiger partial charge in [-0.2, -0.15) is 0 Å². The Morgan fingerprint density at radius 3 is 2.94 bits per heavy atom. The summed E-state index contributed by atoms with van der Waals surface area (Å²) in [6.07, 6.45) is 1.10. The fourth-order valence-corrected chi connectivity index (χ4v) is 2.01. The van der Waals surface area contributed by atoms with Crippen LogP contribution in [0.3, 0.4) is 0 Å². The molecule has 1 atom stereocenters. The highest BCUT2D eigenvalue weighted by Crippen LogP contribution is 2.23. The van der Waals surface area contributed by atoms with Crippen LogP contribution < -0.4 is 5.43 Å². The van der Waals surface area contributed by atoms with Crippen LogP contribution in [0.4, 0.5) is 0 Å². The quantitative estimate of drug-likeness (QED) is 0.826. The van der Waals surface area contributed by atoms with Crippen LogP contribution in [0, 0.1) is 0 Å². The zero-order valence-corrected chi connectivity index (χ0v) is 10.1. The van der Waals surface area contributed by atoms with E-state index in [0.717, 1.165) is 24.1 Å². The molecule has 2 rings (SSSR count). The molecule has 0 radical (unpaired) electrons. The molecule has 1 aromatic rings. The zero-order chi connectivity index (χ0) is 11.7. The average molecular weight is 218 g/mol. The number of benzene rings is 1. The van der Waals surface area contributed by atoms with Gasteiger partial charge in [0.15, 0.2) is 0 Å². The second-order valence-electron chi connectivity index (χ2n) is 4.52. The van der Waals surface area contributed by atoms with Crippen LogP contribution in [0.2, 0.25) is 0 Å². The largest absolute Gasteiger partial charge is 0.285 e. The topological polar surface area (TPSA) is 32.3 Å². The molecule has 1 aliphatic heterocycles. The lowest BCUT2D eigenvalue weighted by Crippen LogP contribution is -2.43. The standard InChI is InChI=1S/C13H18N2O/c1-4-9(2)10-5-6-11-8-15(3)14-13(16)12(11)7-10/h5-7,9H,4,8H2,1-3H3,(H,14,16). The normalized spacial score (nSPS) is 17.8. The first-order valence-electron chi connectivity index (χ1n) is 5.76. The van der Waals surface area contributed by atoms with Crippen molar-refractivity contribution in [2.24, 2.45) is 0 Å². The van der Waals surface area contributed by atoms with Gasteiger partial charge in [-0.15, -0.1) is 0 Å². The predicted molar refractivity (Wildman–Crippen MR) is 64.1 cm³/mol. The van der Waals surface area contributed by atoms with Crippen LogP contribution in [0.15, 0.2) is 18.2 Å². The first kappa shape index (κ1) is 11.1. The molecule has 16 heavy (non-hydrogen) atoms. The van der Waals surface area contributed by atoms with Gasteiger partial charge >= 0.3 is 0 Å². The lowest BCUT2D eigenvalue weighted by atomic mass is 9.93. The lowest BCUT2D eigenvalue weighted by molar-refractivity contribution is 0.0786. The predicted octanol–water partition coefficient (Wildman–Crippen LogP) is 2.29. The molecular formula is C13H18N2O. The maximum absolute atomic E-state index is 11.8. The average Bonchev–Trinajstić information content (AvgIpc) is 2.27. The monoisotopic (exact) mass is 218 g/mol. The number of carbonyl (C=O) groups is 1. The van der Waals surface area contributed by atoms with Crippen molar-refractivity contribution in [1.82, 2.24) is 10.4 Å². The summed E-state index contributed by atoms with van der Waals surface area (Å²) in [6, 6.07) is 6.25. The highest BCUT2D eigenvalue weighted by atomic mass is 16.2. The van der Waals surface area contributed by atoms with Crippen molar-refractivity contribution in [3.05, 3.63) is 34.9 Å². The van der Waals surface area contributed by atoms with E-state index in [1.54, 1.807) is 0 Å². The number of hydrogen-bond acceptors (Lipinski definition) is 2. The van der Waals surface area contributed by atoms with Gasteiger partial charge in [0.05, 0.1) is 0 Å². The smallest absolute Gasteiger partial charge is 0.265 e. The van der Waals surface area contributed by atoms with Gasteiger partial charge in [0.2, 0.25) is 0 Å². The van der Waals surface area contributed by atoms with Crippen LogP contribution in [0.1, 0.15) is 47.7 Å². The summed E-state index contributed by atoms with van der Waals surface area (Å²) >= 11 is 0. The third-order valence-corrected chi connectivity index (χ3v) is 3.26. The van der Waals surface area contributed by atoms with Crippen molar-refractivity contribution in [1.29, 1.82) is 0 Å². The minimum Gasteiger partial charge on any atom is -0.285 e. The molecule has 1 amide bonds. The number of nitrogens with zero attached hydrogens (tertiary/aromatic N) is 1. The second kappa shape index (κ2) is 4.26. The van der Waals surface area contributed by atoms with E-state index < -0.39 is 0 Å². The van der Waals surface area contributed by atoms with Crippen molar-refractivity contribution in [2.75, 3.05) is 7.05 Å². The molecule has 0 saturated heterocycles. The molecule has 0 aliphatic carbocycles. The molecule has 0 fully saturated rings. The van der Waals surface area contributed by atoms with Gasteiger partial charge < -0.3 is 0 Å². The van der Waals surface area contributed by atoms with Crippen LogP contribution >= 0.6 is 0 Å². The van der Waals surface area contributed by atoms with E-state index in [1.165, 1.54) is 5.56 Å². The summed E-state index contributed by atoms with van der Waals surface area (Å²) in [4.78, 5) is 11.8. The van der Waals surface area contributed by atoms with E-state index in [9.17, 15) is 4.79 Å². The van der Waals surface area contributed by atoms with Crippen LogP contribution in [0.5, 0.6) is 0 Å². The van der Waals surface area contributed by atoms with Crippen molar-refractivity contribution in [2.45, 2.75) is 32.7 Å². The number of hydrazine groups is 1. The van der Waals surface area contributed by atoms with Gasteiger partial charge in [0.25, 0.3) is 5.91 Å². The van der Waals surface area contributed by atoms with Crippen molar-refractivity contribution in [3.63, 3.8) is 0 Å². The molecule has 1 aromatic carbocycles. The van der Waals surface area contributed by atoms with Gasteiger partial charge in [0.1, 0.15) is 0 Å². The number of hydrogen-bond donors (Lipinski definition) is 1. The van der Waals surface area contributed by atoms with Gasteiger partial charge in [-0.3, -0.25) is 10.2 Å². The Bertz CT molecular complexity index is 414. The maximum atomic E-state index is 11.8. The number of nitrogens with one attached hydrogen (secondary N) is 1. The SMILES string of the molecule is CCC(C)c1ccc2c(c1)C(=O)NN(C)C2. The molecular weight excluding hydrogens is 200 g/mol. The first-order valence-corrected chi connectivity index (χ1v) is 5.76. The number of amides is 1. The minimum atomic E-state index is 0.00824. The van der Waals surface area contributed by atoms with Crippen LogP contribution in [0.25, 0.3) is 0 Å². The molecule has 0 saturated carbocycles. The van der Waals surface area contributed by atoms with Crippen LogP contribution in [-0.2, 0) is 6.54 Å². The van der Waals surface area contributed by atoms with Gasteiger partial charge in [-0.1, -0.05) is 26.0 Å². The van der Waals surface area contributed by atoms with E-state index in [2.05, 4.69) is 31.4 Å². The summed E-state index contributed by atoms with van der Waals surface area (Å²) < 4.78 is 0. The molecule has 0 aromatic heterocycles. The maximum Gasteiger partial charge on any atom is 0.265 e. The number of carbonyl (C=O) groups excluding carboxylic acids is 1. The molecule has 1 aliphatic rings. The Morgan fingerprint density at radius 1 is 1.50 bits per heavy atom. The summed E-state index contributed by atoms with van der Waals surface area (Å²) in [5.74, 6) is 0.520. The number of rotatable bonds is 2.